The number of hydrogen-bond donors (Lipinski definition) is 0. The number of halogens is 5. The van der Waals surface area contributed by atoms with Gasteiger partial charge in [0.1, 0.15) is 11.8 Å². The quantitative estimate of drug-likeness (QED) is 0.754. The molecule has 0 unspecified atom stereocenters. The number of hydrogen-bond acceptors (Lipinski definition) is 4. The average Bonchev–Trinajstić information content (AvgIpc) is 2.55. The molecular formula is C16H10F5N3O2. The first-order chi connectivity index (χ1) is 12.1. The smallest absolute Gasteiger partial charge is 0.417 e. The Balaban J connectivity index is 2.54. The lowest BCUT2D eigenvalue weighted by molar-refractivity contribution is -0.137. The Hall–Kier alpha value is -3.22. The fourth-order valence-corrected chi connectivity index (χ4v) is 2.13. The van der Waals surface area contributed by atoms with Crippen LogP contribution in [0.1, 0.15) is 18.2 Å². The molecule has 0 aliphatic heterocycles. The Labute approximate surface area is 144 Å². The molecule has 0 atom stereocenters. The molecule has 0 aliphatic rings. The topological polar surface area (TPSA) is 66.2 Å². The molecule has 0 N–H and O–H groups in total. The number of amides is 1. The number of rotatable bonds is 4. The third kappa shape index (κ3) is 4.24. The third-order valence-electron chi connectivity index (χ3n) is 3.18. The monoisotopic (exact) mass is 371 g/mol. The van der Waals surface area contributed by atoms with Gasteiger partial charge in [0, 0.05) is 18.8 Å². The number of carbonyl (C=O) groups excluding carboxylic acids is 1. The van der Waals surface area contributed by atoms with E-state index < -0.39 is 30.0 Å². The highest BCUT2D eigenvalue weighted by Gasteiger charge is 2.33. The first kappa shape index (κ1) is 19.1. The second kappa shape index (κ2) is 7.35. The summed E-state index contributed by atoms with van der Waals surface area (Å²) in [5.74, 6) is -0.903. The standard InChI is InChI=1S/C16H10F5N3O2/c1-9(25)24(11-2-4-12(5-3-11)26-15(17)18)14-6-10(16(19,20)21)8-23-13(14)7-22/h2-6,8,15H,1H3. The molecular weight excluding hydrogens is 361 g/mol. The molecule has 0 saturated carbocycles. The Bertz CT molecular complexity index is 844. The Kier molecular flexibility index (Phi) is 5.40. The fourth-order valence-electron chi connectivity index (χ4n) is 2.13. The van der Waals surface area contributed by atoms with Crippen LogP contribution in [-0.4, -0.2) is 17.5 Å². The van der Waals surface area contributed by atoms with Gasteiger partial charge in [-0.1, -0.05) is 0 Å². The lowest BCUT2D eigenvalue weighted by Gasteiger charge is -2.23. The van der Waals surface area contributed by atoms with Gasteiger partial charge in [-0.05, 0) is 30.3 Å². The van der Waals surface area contributed by atoms with Crippen molar-refractivity contribution in [1.29, 1.82) is 5.26 Å². The van der Waals surface area contributed by atoms with Crippen molar-refractivity contribution in [2.45, 2.75) is 19.7 Å². The number of anilines is 2. The normalized spacial score (nSPS) is 11.2. The van der Waals surface area contributed by atoms with Crippen molar-refractivity contribution in [3.05, 3.63) is 47.8 Å². The predicted octanol–water partition coefficient (Wildman–Crippen LogP) is 4.26. The van der Waals surface area contributed by atoms with Crippen LogP contribution < -0.4 is 9.64 Å². The molecule has 10 heteroatoms. The minimum absolute atomic E-state index is 0.0525. The lowest BCUT2D eigenvalue weighted by Crippen LogP contribution is -2.24. The van der Waals surface area contributed by atoms with E-state index in [1.807, 2.05) is 0 Å². The predicted molar refractivity (Wildman–Crippen MR) is 79.8 cm³/mol. The zero-order chi connectivity index (χ0) is 19.5. The van der Waals surface area contributed by atoms with Crippen LogP contribution in [0.5, 0.6) is 5.75 Å². The molecule has 0 fully saturated rings. The second-order valence-electron chi connectivity index (χ2n) is 4.93. The summed E-state index contributed by atoms with van der Waals surface area (Å²) in [5.41, 5.74) is -1.87. The van der Waals surface area contributed by atoms with Gasteiger partial charge in [-0.3, -0.25) is 9.69 Å². The number of carbonyl (C=O) groups is 1. The molecule has 136 valence electrons. The molecule has 1 aromatic carbocycles. The fraction of sp³-hybridized carbons (Fsp3) is 0.188. The summed E-state index contributed by atoms with van der Waals surface area (Å²) in [7, 11) is 0. The molecule has 1 aromatic heterocycles. The summed E-state index contributed by atoms with van der Waals surface area (Å²) in [6.07, 6.45) is -4.24. The molecule has 1 amide bonds. The minimum atomic E-state index is -4.73. The van der Waals surface area contributed by atoms with Crippen LogP contribution in [0.15, 0.2) is 36.5 Å². The van der Waals surface area contributed by atoms with E-state index >= 15 is 0 Å². The lowest BCUT2D eigenvalue weighted by atomic mass is 10.1. The highest BCUT2D eigenvalue weighted by Crippen LogP contribution is 2.35. The van der Waals surface area contributed by atoms with E-state index in [1.165, 1.54) is 12.1 Å². The first-order valence-corrected chi connectivity index (χ1v) is 6.96. The number of nitrogens with zero attached hydrogens (tertiary/aromatic N) is 3. The van der Waals surface area contributed by atoms with Gasteiger partial charge < -0.3 is 4.74 Å². The number of benzene rings is 1. The van der Waals surface area contributed by atoms with Crippen LogP contribution in [-0.2, 0) is 11.0 Å². The molecule has 0 spiro atoms. The number of nitriles is 1. The third-order valence-corrected chi connectivity index (χ3v) is 3.18. The molecule has 0 bridgehead atoms. The zero-order valence-electron chi connectivity index (χ0n) is 13.1. The highest BCUT2D eigenvalue weighted by atomic mass is 19.4. The Morgan fingerprint density at radius 1 is 1.27 bits per heavy atom. The van der Waals surface area contributed by atoms with E-state index in [1.54, 1.807) is 6.07 Å². The van der Waals surface area contributed by atoms with Gasteiger partial charge in [0.25, 0.3) is 0 Å². The van der Waals surface area contributed by atoms with Crippen molar-refractivity contribution in [2.75, 3.05) is 4.90 Å². The SMILES string of the molecule is CC(=O)N(c1ccc(OC(F)F)cc1)c1cc(C(F)(F)F)cnc1C#N. The van der Waals surface area contributed by atoms with Crippen LogP contribution in [0.2, 0.25) is 0 Å². The Morgan fingerprint density at radius 3 is 2.35 bits per heavy atom. The maximum Gasteiger partial charge on any atom is 0.417 e. The summed E-state index contributed by atoms with van der Waals surface area (Å²) in [4.78, 5) is 16.3. The van der Waals surface area contributed by atoms with Crippen molar-refractivity contribution >= 4 is 17.3 Å². The van der Waals surface area contributed by atoms with Crippen molar-refractivity contribution in [2.24, 2.45) is 0 Å². The Morgan fingerprint density at radius 2 is 1.88 bits per heavy atom. The molecule has 0 saturated heterocycles. The summed E-state index contributed by atoms with van der Waals surface area (Å²) in [6, 6.07) is 6.86. The summed E-state index contributed by atoms with van der Waals surface area (Å²) >= 11 is 0. The van der Waals surface area contributed by atoms with E-state index in [4.69, 9.17) is 5.26 Å². The van der Waals surface area contributed by atoms with E-state index in [9.17, 15) is 26.7 Å². The number of pyridine rings is 1. The van der Waals surface area contributed by atoms with Gasteiger partial charge in [-0.25, -0.2) is 4.98 Å². The number of alkyl halides is 5. The van der Waals surface area contributed by atoms with E-state index in [-0.39, 0.29) is 17.1 Å². The largest absolute Gasteiger partial charge is 0.435 e. The maximum atomic E-state index is 12.9. The maximum absolute atomic E-state index is 12.9. The highest BCUT2D eigenvalue weighted by molar-refractivity contribution is 6.00. The number of ether oxygens (including phenoxy) is 1. The summed E-state index contributed by atoms with van der Waals surface area (Å²) < 4.78 is 67.3. The van der Waals surface area contributed by atoms with Crippen molar-refractivity contribution in [3.8, 4) is 11.8 Å². The summed E-state index contributed by atoms with van der Waals surface area (Å²) in [6.45, 7) is -1.98. The van der Waals surface area contributed by atoms with Gasteiger partial charge in [0.05, 0.1) is 11.3 Å². The van der Waals surface area contributed by atoms with Crippen molar-refractivity contribution < 1.29 is 31.5 Å². The molecule has 26 heavy (non-hydrogen) atoms. The van der Waals surface area contributed by atoms with Gasteiger partial charge >= 0.3 is 12.8 Å². The van der Waals surface area contributed by atoms with Gasteiger partial charge in [0.15, 0.2) is 5.69 Å². The van der Waals surface area contributed by atoms with Gasteiger partial charge in [-0.2, -0.15) is 27.2 Å². The molecule has 5 nitrogen and oxygen atoms in total. The molecule has 1 heterocycles. The molecule has 0 aliphatic carbocycles. The first-order valence-electron chi connectivity index (χ1n) is 6.96. The van der Waals surface area contributed by atoms with Gasteiger partial charge in [0.2, 0.25) is 5.91 Å². The zero-order valence-corrected chi connectivity index (χ0v) is 13.1. The van der Waals surface area contributed by atoms with Crippen LogP contribution in [0, 0.1) is 11.3 Å². The molecule has 2 rings (SSSR count). The van der Waals surface area contributed by atoms with Gasteiger partial charge in [-0.15, -0.1) is 0 Å². The molecule has 2 aromatic rings. The number of aromatic nitrogens is 1. The second-order valence-corrected chi connectivity index (χ2v) is 4.93. The summed E-state index contributed by atoms with van der Waals surface area (Å²) in [5, 5.41) is 9.10. The minimum Gasteiger partial charge on any atom is -0.435 e. The van der Waals surface area contributed by atoms with E-state index in [0.29, 0.717) is 12.3 Å². The average molecular weight is 371 g/mol. The molecule has 0 radical (unpaired) electrons. The van der Waals surface area contributed by atoms with E-state index in [0.717, 1.165) is 24.0 Å². The van der Waals surface area contributed by atoms with E-state index in [2.05, 4.69) is 9.72 Å². The van der Waals surface area contributed by atoms with Crippen molar-refractivity contribution in [1.82, 2.24) is 4.98 Å². The van der Waals surface area contributed by atoms with Crippen molar-refractivity contribution in [3.63, 3.8) is 0 Å². The van der Waals surface area contributed by atoms with Crippen LogP contribution in [0.3, 0.4) is 0 Å². The van der Waals surface area contributed by atoms with Crippen LogP contribution in [0.4, 0.5) is 33.3 Å². The van der Waals surface area contributed by atoms with Crippen LogP contribution in [0.25, 0.3) is 0 Å². The van der Waals surface area contributed by atoms with Crippen LogP contribution >= 0.6 is 0 Å².